The predicted octanol–water partition coefficient (Wildman–Crippen LogP) is -0.205. The van der Waals surface area contributed by atoms with E-state index in [9.17, 15) is 25.0 Å². The van der Waals surface area contributed by atoms with Crippen molar-refractivity contribution in [3.8, 4) is 6.07 Å². The number of hydrogen-bond donors (Lipinski definition) is 3. The summed E-state index contributed by atoms with van der Waals surface area (Å²) in [6, 6.07) is -0.287. The molecule has 0 unspecified atom stereocenters. The first-order chi connectivity index (χ1) is 20.4. The summed E-state index contributed by atoms with van der Waals surface area (Å²) in [6.45, 7) is 7.16. The lowest BCUT2D eigenvalue weighted by atomic mass is 10.0. The minimum absolute atomic E-state index is 0.0821. The van der Waals surface area contributed by atoms with Crippen LogP contribution < -0.4 is 16.8 Å². The van der Waals surface area contributed by atoms with Gasteiger partial charge in [0.1, 0.15) is 30.9 Å². The molecule has 7 atom stereocenters. The largest absolute Gasteiger partial charge is 0.454 e. The zero-order chi connectivity index (χ0) is 31.4. The Hall–Kier alpha value is -4.18. The van der Waals surface area contributed by atoms with Gasteiger partial charge in [0.15, 0.2) is 35.4 Å². The van der Waals surface area contributed by atoms with Crippen LogP contribution in [0.5, 0.6) is 0 Å². The van der Waals surface area contributed by atoms with E-state index in [0.717, 1.165) is 0 Å². The minimum atomic E-state index is -1.41. The smallest absolute Gasteiger partial charge is 0.323 e. The molecule has 2 aliphatic rings. The molecular weight excluding hydrogens is 570 g/mol. The Morgan fingerprint density at radius 1 is 1.19 bits per heavy atom. The molecule has 234 valence electrons. The monoisotopic (exact) mass is 605 g/mol. The number of hydrogen-bond acceptors (Lipinski definition) is 16. The molecule has 2 aliphatic heterocycles. The summed E-state index contributed by atoms with van der Waals surface area (Å²) in [5.74, 6) is -2.24. The number of aromatic nitrogens is 4. The zero-order valence-corrected chi connectivity index (χ0v) is 24.1. The van der Waals surface area contributed by atoms with Gasteiger partial charge in [0.2, 0.25) is 5.82 Å². The summed E-state index contributed by atoms with van der Waals surface area (Å²) in [5.41, 5.74) is 12.4. The van der Waals surface area contributed by atoms with Crippen LogP contribution in [-0.2, 0) is 33.4 Å². The highest BCUT2D eigenvalue weighted by molar-refractivity contribution is 5.83. The number of nitrogens with two attached hydrogens (primary N) is 2. The fourth-order valence-corrected chi connectivity index (χ4v) is 4.53. The number of rotatable bonds is 12. The highest BCUT2D eigenvalue weighted by Gasteiger charge is 2.52. The summed E-state index contributed by atoms with van der Waals surface area (Å²) < 4.78 is 24.3. The van der Waals surface area contributed by atoms with Crippen molar-refractivity contribution < 1.29 is 38.5 Å². The van der Waals surface area contributed by atoms with Crippen molar-refractivity contribution in [2.45, 2.75) is 76.8 Å². The number of carbonyl (C=O) groups excluding carboxylic acids is 2. The highest BCUT2D eigenvalue weighted by Crippen LogP contribution is 2.37. The van der Waals surface area contributed by atoms with Crippen molar-refractivity contribution in [2.75, 3.05) is 25.1 Å². The maximum absolute atomic E-state index is 13.1. The quantitative estimate of drug-likeness (QED) is 0.161. The number of imidazole rings is 1. The van der Waals surface area contributed by atoms with E-state index in [4.69, 9.17) is 30.4 Å². The number of nitrogens with one attached hydrogen (secondary N) is 1. The molecule has 2 fully saturated rings. The van der Waals surface area contributed by atoms with Crippen molar-refractivity contribution in [1.29, 1.82) is 5.26 Å². The van der Waals surface area contributed by atoms with Crippen LogP contribution in [-0.4, -0.2) is 92.8 Å². The summed E-state index contributed by atoms with van der Waals surface area (Å²) in [4.78, 5) is 54.6. The molecule has 18 nitrogen and oxygen atoms in total. The van der Waals surface area contributed by atoms with Crippen LogP contribution in [0.15, 0.2) is 6.33 Å². The third kappa shape index (κ3) is 7.07. The highest BCUT2D eigenvalue weighted by atomic mass is 17.0. The number of ether oxygens (including phenoxy) is 4. The molecule has 0 aliphatic carbocycles. The molecule has 2 aromatic rings. The van der Waals surface area contributed by atoms with Crippen LogP contribution in [0.4, 0.5) is 5.82 Å². The summed E-state index contributed by atoms with van der Waals surface area (Å²) in [7, 11) is 0. The first-order valence-corrected chi connectivity index (χ1v) is 13.7. The van der Waals surface area contributed by atoms with Crippen LogP contribution in [0.2, 0.25) is 0 Å². The maximum atomic E-state index is 13.1. The summed E-state index contributed by atoms with van der Waals surface area (Å²) in [5, 5.41) is 22.9. The Morgan fingerprint density at radius 3 is 2.40 bits per heavy atom. The fraction of sp³-hybridized carbons (Fsp3) is 0.680. The van der Waals surface area contributed by atoms with Crippen LogP contribution >= 0.6 is 0 Å². The second-order valence-corrected chi connectivity index (χ2v) is 11.0. The van der Waals surface area contributed by atoms with Gasteiger partial charge in [-0.15, -0.1) is 10.1 Å². The van der Waals surface area contributed by atoms with Crippen LogP contribution in [0, 0.1) is 33.3 Å². The molecule has 0 radical (unpaired) electrons. The first kappa shape index (κ1) is 31.7. The molecule has 0 amide bonds. The Kier molecular flexibility index (Phi) is 9.91. The molecule has 4 rings (SSSR count). The van der Waals surface area contributed by atoms with E-state index >= 15 is 0 Å². The summed E-state index contributed by atoms with van der Waals surface area (Å²) in [6.07, 6.45) is -3.38. The normalized spacial score (nSPS) is 25.0. The van der Waals surface area contributed by atoms with E-state index in [1.807, 2.05) is 6.07 Å². The predicted molar refractivity (Wildman–Crippen MR) is 145 cm³/mol. The van der Waals surface area contributed by atoms with Crippen molar-refractivity contribution in [3.05, 3.63) is 22.3 Å². The maximum Gasteiger partial charge on any atom is 0.323 e. The van der Waals surface area contributed by atoms with E-state index < -0.39 is 60.3 Å². The van der Waals surface area contributed by atoms with Gasteiger partial charge < -0.3 is 40.6 Å². The second kappa shape index (κ2) is 13.4. The van der Waals surface area contributed by atoms with Crippen LogP contribution in [0.25, 0.3) is 11.2 Å². The Labute approximate surface area is 246 Å². The van der Waals surface area contributed by atoms with Gasteiger partial charge >= 0.3 is 11.9 Å². The number of nitrogens with zero attached hydrogens (tertiary/aromatic N) is 6. The molecule has 43 heavy (non-hydrogen) atoms. The van der Waals surface area contributed by atoms with Gasteiger partial charge in [0.25, 0.3) is 5.09 Å². The van der Waals surface area contributed by atoms with Crippen molar-refractivity contribution in [3.63, 3.8) is 0 Å². The summed E-state index contributed by atoms with van der Waals surface area (Å²) >= 11 is 0. The fourth-order valence-electron chi connectivity index (χ4n) is 4.53. The minimum Gasteiger partial charge on any atom is -0.454 e. The van der Waals surface area contributed by atoms with E-state index in [0.29, 0.717) is 19.6 Å². The van der Waals surface area contributed by atoms with E-state index in [-0.39, 0.29) is 40.7 Å². The number of carbonyl (C=O) groups is 2. The third-order valence-corrected chi connectivity index (χ3v) is 7.18. The second-order valence-electron chi connectivity index (χ2n) is 11.0. The molecule has 0 bridgehead atoms. The molecular formula is C25H35N9O9. The molecule has 2 saturated heterocycles. The zero-order valence-electron chi connectivity index (χ0n) is 24.1. The lowest BCUT2D eigenvalue weighted by molar-refractivity contribution is -0.759. The van der Waals surface area contributed by atoms with Gasteiger partial charge in [-0.05, 0) is 18.3 Å². The first-order valence-electron chi connectivity index (χ1n) is 13.7. The molecule has 4 heterocycles. The molecule has 0 aromatic carbocycles. The molecule has 5 N–H and O–H groups in total. The number of anilines is 1. The molecule has 0 saturated carbocycles. The molecule has 18 heteroatoms. The van der Waals surface area contributed by atoms with E-state index in [1.165, 1.54) is 10.9 Å². The lowest BCUT2D eigenvalue weighted by Crippen LogP contribution is -2.48. The molecule has 2 aromatic heterocycles. The Morgan fingerprint density at radius 2 is 1.84 bits per heavy atom. The standard InChI is InChI=1S/C25H35N9O9/c1-11(2)16(27)24(35)42-19-14(9-40-34(37)38)41-23(20(19)43-25(36)17(28)12(3)4)33-10-29-18-21(30-13-5-6-39-8-13)31-15(7-26)32-22(18)33/h10-14,16-17,19-20,23H,5-6,8-9,27-28H2,1-4H3,(H,30,31,32)/t13-,14-,16+,17+,19-,20-,23-/m1/s1. The average molecular weight is 606 g/mol. The average Bonchev–Trinajstić information content (AvgIpc) is 3.70. The van der Waals surface area contributed by atoms with Crippen LogP contribution in [0.1, 0.15) is 46.2 Å². The number of esters is 2. The number of nitriles is 1. The molecule has 0 spiro atoms. The van der Waals surface area contributed by atoms with Gasteiger partial charge in [0, 0.05) is 6.61 Å². The van der Waals surface area contributed by atoms with Gasteiger partial charge in [-0.25, -0.2) is 4.98 Å². The Bertz CT molecular complexity index is 1370. The topological polar surface area (TPSA) is 255 Å². The van der Waals surface area contributed by atoms with Crippen molar-refractivity contribution in [1.82, 2.24) is 19.5 Å². The number of fused-ring (bicyclic) bond motifs is 1. The van der Waals surface area contributed by atoms with E-state index in [1.54, 1.807) is 27.7 Å². The SMILES string of the molecule is CC(C)[C@H](N)C(=O)O[C@@H]1[C@H](OC(=O)[C@@H](N)C(C)C)[C@@H](CO[N+](=O)[O-])O[C@H]1n1cnc2c(N[C@@H]3CCOC3)nc(C#N)nc21. The van der Waals surface area contributed by atoms with Gasteiger partial charge in [-0.1, -0.05) is 27.7 Å². The van der Waals surface area contributed by atoms with Gasteiger partial charge in [0.05, 0.1) is 19.0 Å². The van der Waals surface area contributed by atoms with Crippen LogP contribution in [0.3, 0.4) is 0 Å². The van der Waals surface area contributed by atoms with Gasteiger partial charge in [-0.3, -0.25) is 14.2 Å². The van der Waals surface area contributed by atoms with Crippen molar-refractivity contribution >= 4 is 28.9 Å². The van der Waals surface area contributed by atoms with Gasteiger partial charge in [-0.2, -0.15) is 15.2 Å². The van der Waals surface area contributed by atoms with Crippen molar-refractivity contribution in [2.24, 2.45) is 23.3 Å². The van der Waals surface area contributed by atoms with E-state index in [2.05, 4.69) is 25.1 Å². The lowest BCUT2D eigenvalue weighted by Gasteiger charge is -2.27. The third-order valence-electron chi connectivity index (χ3n) is 7.18. The Balaban J connectivity index is 1.78.